The van der Waals surface area contributed by atoms with E-state index >= 15 is 0 Å². The van der Waals surface area contributed by atoms with E-state index in [0.717, 1.165) is 15.8 Å². The van der Waals surface area contributed by atoms with Gasteiger partial charge in [0.2, 0.25) is 5.13 Å². The van der Waals surface area contributed by atoms with Crippen molar-refractivity contribution in [3.8, 4) is 5.75 Å². The lowest BCUT2D eigenvalue weighted by molar-refractivity contribution is -0.137. The van der Waals surface area contributed by atoms with Crippen molar-refractivity contribution in [3.05, 3.63) is 27.7 Å². The van der Waals surface area contributed by atoms with Crippen LogP contribution < -0.4 is 10.1 Å². The lowest BCUT2D eigenvalue weighted by Gasteiger charge is -2.07. The van der Waals surface area contributed by atoms with Gasteiger partial charge in [0.15, 0.2) is 10.9 Å². The Morgan fingerprint density at radius 3 is 2.92 bits per heavy atom. The van der Waals surface area contributed by atoms with Gasteiger partial charge in [-0.1, -0.05) is 50.6 Å². The quantitative estimate of drug-likeness (QED) is 0.392. The van der Waals surface area contributed by atoms with E-state index in [1.807, 2.05) is 0 Å². The van der Waals surface area contributed by atoms with E-state index in [4.69, 9.17) is 16.3 Å². The van der Waals surface area contributed by atoms with Crippen LogP contribution in [-0.4, -0.2) is 41.5 Å². The summed E-state index contributed by atoms with van der Waals surface area (Å²) in [5, 5.41) is 11.0. The van der Waals surface area contributed by atoms with Crippen molar-refractivity contribution in [1.29, 1.82) is 0 Å². The van der Waals surface area contributed by atoms with Crippen molar-refractivity contribution in [2.24, 2.45) is 0 Å². The first kappa shape index (κ1) is 19.0. The van der Waals surface area contributed by atoms with E-state index in [1.165, 1.54) is 18.9 Å². The monoisotopic (exact) mass is 451 g/mol. The smallest absolute Gasteiger partial charge is 0.316 e. The molecule has 0 aliphatic rings. The fraction of sp³-hybridized carbons (Fsp3) is 0.231. The van der Waals surface area contributed by atoms with Crippen LogP contribution in [0.5, 0.6) is 5.75 Å². The molecule has 0 spiro atoms. The average molecular weight is 453 g/mol. The second-order valence-corrected chi connectivity index (χ2v) is 7.67. The second-order valence-electron chi connectivity index (χ2n) is 4.15. The van der Waals surface area contributed by atoms with Crippen LogP contribution in [0.25, 0.3) is 0 Å². The number of aromatic nitrogens is 2. The van der Waals surface area contributed by atoms with E-state index in [9.17, 15) is 9.59 Å². The van der Waals surface area contributed by atoms with Gasteiger partial charge in [0.05, 0.1) is 17.9 Å². The van der Waals surface area contributed by atoms with E-state index in [0.29, 0.717) is 20.2 Å². The molecule has 1 aromatic heterocycles. The number of carbonyl (C=O) groups is 2. The second kappa shape index (κ2) is 9.21. The highest BCUT2D eigenvalue weighted by atomic mass is 79.9. The number of anilines is 1. The molecule has 0 saturated carbocycles. The summed E-state index contributed by atoms with van der Waals surface area (Å²) < 4.78 is 11.2. The minimum absolute atomic E-state index is 0.129. The Kier molecular flexibility index (Phi) is 7.28. The molecule has 0 aliphatic heterocycles. The van der Waals surface area contributed by atoms with Gasteiger partial charge in [-0.25, -0.2) is 0 Å². The number of esters is 1. The fourth-order valence-electron chi connectivity index (χ4n) is 1.39. The molecule has 2 aromatic rings. The number of nitrogens with zero attached hydrogens (tertiary/aromatic N) is 2. The SMILES string of the molecule is COC(=O)CSc1nnc(NC(=O)COc2ccc(Br)cc2Cl)s1. The van der Waals surface area contributed by atoms with Crippen molar-refractivity contribution in [1.82, 2.24) is 10.2 Å². The molecule has 2 rings (SSSR count). The topological polar surface area (TPSA) is 90.4 Å². The average Bonchev–Trinajstić information content (AvgIpc) is 2.99. The first-order chi connectivity index (χ1) is 11.5. The third-order valence-electron chi connectivity index (χ3n) is 2.45. The normalized spacial score (nSPS) is 10.3. The molecule has 0 fully saturated rings. The zero-order valence-corrected chi connectivity index (χ0v) is 16.2. The highest BCUT2D eigenvalue weighted by molar-refractivity contribution is 9.10. The summed E-state index contributed by atoms with van der Waals surface area (Å²) >= 11 is 11.6. The number of nitrogens with one attached hydrogen (secondary N) is 1. The predicted molar refractivity (Wildman–Crippen MR) is 95.9 cm³/mol. The van der Waals surface area contributed by atoms with Crippen molar-refractivity contribution in [3.63, 3.8) is 0 Å². The zero-order valence-electron chi connectivity index (χ0n) is 12.2. The Morgan fingerprint density at radius 1 is 1.42 bits per heavy atom. The van der Waals surface area contributed by atoms with E-state index < -0.39 is 5.91 Å². The Bertz CT molecular complexity index is 744. The molecular weight excluding hydrogens is 442 g/mol. The lowest BCUT2D eigenvalue weighted by atomic mass is 10.3. The molecule has 11 heteroatoms. The molecule has 0 unspecified atom stereocenters. The number of hydrogen-bond acceptors (Lipinski definition) is 8. The molecule has 0 radical (unpaired) electrons. The number of benzene rings is 1. The Labute approximate surface area is 159 Å². The standard InChI is InChI=1S/C13H11BrClN3O4S2/c1-21-11(20)6-23-13-18-17-12(24-13)16-10(19)5-22-9-3-2-7(14)4-8(9)15/h2-4H,5-6H2,1H3,(H,16,17,19). The first-order valence-corrected chi connectivity index (χ1v) is 9.36. The molecular formula is C13H11BrClN3O4S2. The van der Waals surface area contributed by atoms with Crippen molar-refractivity contribution in [2.75, 3.05) is 24.8 Å². The molecule has 1 aromatic carbocycles. The van der Waals surface area contributed by atoms with Gasteiger partial charge in [-0.3, -0.25) is 14.9 Å². The van der Waals surface area contributed by atoms with Crippen molar-refractivity contribution >= 4 is 67.6 Å². The summed E-state index contributed by atoms with van der Waals surface area (Å²) in [6.07, 6.45) is 0. The molecule has 1 N–H and O–H groups in total. The molecule has 0 atom stereocenters. The minimum Gasteiger partial charge on any atom is -0.482 e. The van der Waals surface area contributed by atoms with Crippen LogP contribution in [0, 0.1) is 0 Å². The predicted octanol–water partition coefficient (Wildman–Crippen LogP) is 3.24. The van der Waals surface area contributed by atoms with Crippen LogP contribution in [-0.2, 0) is 14.3 Å². The Hall–Kier alpha value is -1.36. The number of amides is 1. The summed E-state index contributed by atoms with van der Waals surface area (Å²) in [6.45, 7) is -0.217. The highest BCUT2D eigenvalue weighted by Gasteiger charge is 2.12. The summed E-state index contributed by atoms with van der Waals surface area (Å²) in [7, 11) is 1.31. The summed E-state index contributed by atoms with van der Waals surface area (Å²) in [4.78, 5) is 22.9. The zero-order chi connectivity index (χ0) is 17.5. The van der Waals surface area contributed by atoms with Gasteiger partial charge >= 0.3 is 5.97 Å². The first-order valence-electron chi connectivity index (χ1n) is 6.38. The van der Waals surface area contributed by atoms with Gasteiger partial charge in [0, 0.05) is 4.47 Å². The third kappa shape index (κ3) is 5.93. The molecule has 7 nitrogen and oxygen atoms in total. The van der Waals surface area contributed by atoms with Crippen LogP contribution in [0.2, 0.25) is 5.02 Å². The third-order valence-corrected chi connectivity index (χ3v) is 5.18. The number of hydrogen-bond donors (Lipinski definition) is 1. The van der Waals surface area contributed by atoms with Crippen molar-refractivity contribution in [2.45, 2.75) is 4.34 Å². The lowest BCUT2D eigenvalue weighted by Crippen LogP contribution is -2.20. The van der Waals surface area contributed by atoms with Crippen LogP contribution in [0.15, 0.2) is 27.0 Å². The molecule has 0 bridgehead atoms. The largest absolute Gasteiger partial charge is 0.482 e. The van der Waals surface area contributed by atoms with Gasteiger partial charge in [-0.2, -0.15) is 0 Å². The molecule has 24 heavy (non-hydrogen) atoms. The van der Waals surface area contributed by atoms with Gasteiger partial charge in [-0.15, -0.1) is 10.2 Å². The van der Waals surface area contributed by atoms with Gasteiger partial charge < -0.3 is 9.47 Å². The van der Waals surface area contributed by atoms with Gasteiger partial charge in [0.25, 0.3) is 5.91 Å². The van der Waals surface area contributed by atoms with Crippen LogP contribution in [0.4, 0.5) is 5.13 Å². The Morgan fingerprint density at radius 2 is 2.21 bits per heavy atom. The van der Waals surface area contributed by atoms with Gasteiger partial charge in [0.1, 0.15) is 5.75 Å². The minimum atomic E-state index is -0.394. The molecule has 1 heterocycles. The maximum atomic E-state index is 11.9. The van der Waals surface area contributed by atoms with E-state index in [1.54, 1.807) is 18.2 Å². The highest BCUT2D eigenvalue weighted by Crippen LogP contribution is 2.28. The van der Waals surface area contributed by atoms with E-state index in [-0.39, 0.29) is 18.3 Å². The Balaban J connectivity index is 1.82. The van der Waals surface area contributed by atoms with E-state index in [2.05, 4.69) is 36.2 Å². The molecule has 1 amide bonds. The number of carbonyl (C=O) groups excluding carboxylic acids is 2. The number of ether oxygens (including phenoxy) is 2. The number of thioether (sulfide) groups is 1. The van der Waals surface area contributed by atoms with Crippen LogP contribution in [0.3, 0.4) is 0 Å². The molecule has 128 valence electrons. The van der Waals surface area contributed by atoms with Gasteiger partial charge in [-0.05, 0) is 18.2 Å². The maximum Gasteiger partial charge on any atom is 0.316 e. The summed E-state index contributed by atoms with van der Waals surface area (Å²) in [5.74, 6) is -0.221. The summed E-state index contributed by atoms with van der Waals surface area (Å²) in [6, 6.07) is 5.09. The van der Waals surface area contributed by atoms with Crippen LogP contribution >= 0.6 is 50.6 Å². The molecule has 0 saturated heterocycles. The van der Waals surface area contributed by atoms with Crippen molar-refractivity contribution < 1.29 is 19.1 Å². The number of rotatable bonds is 7. The fourth-order valence-corrected chi connectivity index (χ4v) is 3.72. The number of halogens is 2. The molecule has 0 aliphatic carbocycles. The van der Waals surface area contributed by atoms with Crippen LogP contribution in [0.1, 0.15) is 0 Å². The maximum absolute atomic E-state index is 11.9. The summed E-state index contributed by atoms with van der Waals surface area (Å²) in [5.41, 5.74) is 0. The number of methoxy groups -OCH3 is 1.